The molecule has 0 aromatic heterocycles. The fourth-order valence-electron chi connectivity index (χ4n) is 7.20. The van der Waals surface area contributed by atoms with Crippen molar-refractivity contribution >= 4 is 12.4 Å². The van der Waals surface area contributed by atoms with E-state index in [-0.39, 0.29) is 12.4 Å². The highest BCUT2D eigenvalue weighted by Crippen LogP contribution is 2.66. The summed E-state index contributed by atoms with van der Waals surface area (Å²) >= 11 is 0. The van der Waals surface area contributed by atoms with Gasteiger partial charge in [0.2, 0.25) is 0 Å². The first-order valence-electron chi connectivity index (χ1n) is 10.5. The van der Waals surface area contributed by atoms with Crippen LogP contribution in [0.2, 0.25) is 0 Å². The Hall–Kier alpha value is -0.570. The average Bonchev–Trinajstić information content (AvgIpc) is 2.51. The molecule has 0 amide bonds. The van der Waals surface area contributed by atoms with Gasteiger partial charge in [-0.1, -0.05) is 44.2 Å². The zero-order chi connectivity index (χ0) is 17.4. The third-order valence-corrected chi connectivity index (χ3v) is 7.08. The molecule has 4 saturated carbocycles. The van der Waals surface area contributed by atoms with Gasteiger partial charge in [0, 0.05) is 12.1 Å². The van der Waals surface area contributed by atoms with Crippen LogP contribution < -0.4 is 10.6 Å². The van der Waals surface area contributed by atoms with Crippen molar-refractivity contribution in [1.82, 2.24) is 10.6 Å². The number of nitrogens with one attached hydrogen (secondary N) is 2. The van der Waals surface area contributed by atoms with Gasteiger partial charge in [-0.25, -0.2) is 0 Å². The first kappa shape index (κ1) is 20.2. The molecule has 3 heteroatoms. The second-order valence-corrected chi connectivity index (χ2v) is 10.2. The highest BCUT2D eigenvalue weighted by Gasteiger charge is 2.59. The highest BCUT2D eigenvalue weighted by molar-refractivity contribution is 5.85. The molecule has 1 aromatic carbocycles. The molecule has 2 N–H and O–H groups in total. The normalized spacial score (nSPS) is 37.5. The van der Waals surface area contributed by atoms with Crippen molar-refractivity contribution in [2.75, 3.05) is 13.1 Å². The molecule has 146 valence electrons. The Balaban J connectivity index is 0.00000196. The Kier molecular flexibility index (Phi) is 6.06. The van der Waals surface area contributed by atoms with Crippen LogP contribution in [0.5, 0.6) is 0 Å². The summed E-state index contributed by atoms with van der Waals surface area (Å²) in [6.07, 6.45) is 11.3. The molecule has 4 aliphatic carbocycles. The van der Waals surface area contributed by atoms with Crippen LogP contribution in [0.3, 0.4) is 0 Å². The van der Waals surface area contributed by atoms with Crippen LogP contribution in [0.1, 0.15) is 70.8 Å². The Morgan fingerprint density at radius 2 is 1.54 bits per heavy atom. The third-order valence-electron chi connectivity index (χ3n) is 7.08. The standard InChI is InChI=1S/C23H36N2.ClH/c1-21-12-20-13-22(2,16-21)18-23(14-20,17-21)25-11-7-6-10-24-15-19-8-4-3-5-9-19;/h3-5,8-9,20,24-25H,6-7,10-18H2,1-2H3;1H. The molecule has 2 unspecified atom stereocenters. The van der Waals surface area contributed by atoms with Gasteiger partial charge in [-0.15, -0.1) is 12.4 Å². The minimum atomic E-state index is 0. The van der Waals surface area contributed by atoms with Gasteiger partial charge in [0.1, 0.15) is 0 Å². The lowest BCUT2D eigenvalue weighted by molar-refractivity contribution is -0.117. The summed E-state index contributed by atoms with van der Waals surface area (Å²) in [5.41, 5.74) is 3.10. The Morgan fingerprint density at radius 3 is 2.19 bits per heavy atom. The smallest absolute Gasteiger partial charge is 0.0205 e. The van der Waals surface area contributed by atoms with E-state index >= 15 is 0 Å². The molecule has 0 aliphatic heterocycles. The van der Waals surface area contributed by atoms with Gasteiger partial charge in [-0.3, -0.25) is 0 Å². The van der Waals surface area contributed by atoms with Gasteiger partial charge in [-0.2, -0.15) is 0 Å². The quantitative estimate of drug-likeness (QED) is 0.600. The van der Waals surface area contributed by atoms with Crippen molar-refractivity contribution in [3.63, 3.8) is 0 Å². The third kappa shape index (κ3) is 4.46. The van der Waals surface area contributed by atoms with Crippen LogP contribution in [0.15, 0.2) is 30.3 Å². The van der Waals surface area contributed by atoms with Gasteiger partial charge in [0.25, 0.3) is 0 Å². The lowest BCUT2D eigenvalue weighted by Crippen LogP contribution is -2.64. The molecule has 0 radical (unpaired) electrons. The van der Waals surface area contributed by atoms with Gasteiger partial charge < -0.3 is 10.6 Å². The number of unbranched alkanes of at least 4 members (excludes halogenated alkanes) is 1. The molecule has 1 aromatic rings. The summed E-state index contributed by atoms with van der Waals surface area (Å²) < 4.78 is 0. The monoisotopic (exact) mass is 376 g/mol. The lowest BCUT2D eigenvalue weighted by atomic mass is 9.43. The number of benzene rings is 1. The summed E-state index contributed by atoms with van der Waals surface area (Å²) in [6, 6.07) is 10.7. The van der Waals surface area contributed by atoms with Crippen molar-refractivity contribution in [2.24, 2.45) is 16.7 Å². The Bertz CT molecular complexity index is 569. The highest BCUT2D eigenvalue weighted by atomic mass is 35.5. The van der Waals surface area contributed by atoms with E-state index in [1.54, 1.807) is 0 Å². The Morgan fingerprint density at radius 1 is 0.885 bits per heavy atom. The molecule has 2 atom stereocenters. The van der Waals surface area contributed by atoms with Crippen molar-refractivity contribution in [3.8, 4) is 0 Å². The first-order valence-corrected chi connectivity index (χ1v) is 10.5. The maximum Gasteiger partial charge on any atom is 0.0205 e. The van der Waals surface area contributed by atoms with Crippen LogP contribution in [0, 0.1) is 16.7 Å². The molecule has 4 aliphatic rings. The molecule has 4 bridgehead atoms. The lowest BCUT2D eigenvalue weighted by Gasteiger charge is -2.65. The first-order chi connectivity index (χ1) is 12.0. The Labute approximate surface area is 166 Å². The SMILES string of the molecule is CC12CC3CC(C)(C1)CC(NCCCCNCc1ccccc1)(C3)C2.Cl. The van der Waals surface area contributed by atoms with E-state index in [2.05, 4.69) is 54.8 Å². The molecule has 0 heterocycles. The zero-order valence-electron chi connectivity index (χ0n) is 16.7. The van der Waals surface area contributed by atoms with Crippen molar-refractivity contribution < 1.29 is 0 Å². The van der Waals surface area contributed by atoms with E-state index < -0.39 is 0 Å². The summed E-state index contributed by atoms with van der Waals surface area (Å²) in [5, 5.41) is 7.64. The summed E-state index contributed by atoms with van der Waals surface area (Å²) in [7, 11) is 0. The van der Waals surface area contributed by atoms with Crippen molar-refractivity contribution in [1.29, 1.82) is 0 Å². The maximum absolute atomic E-state index is 4.06. The molecule has 5 rings (SSSR count). The van der Waals surface area contributed by atoms with Crippen LogP contribution in [-0.2, 0) is 6.54 Å². The average molecular weight is 377 g/mol. The zero-order valence-corrected chi connectivity index (χ0v) is 17.5. The predicted octanol–water partition coefficient (Wildman–Crippen LogP) is 5.32. The van der Waals surface area contributed by atoms with Crippen molar-refractivity contribution in [3.05, 3.63) is 35.9 Å². The number of rotatable bonds is 8. The molecule has 0 saturated heterocycles. The number of halogens is 1. The molecule has 4 fully saturated rings. The summed E-state index contributed by atoms with van der Waals surface area (Å²) in [5.74, 6) is 0.992. The minimum absolute atomic E-state index is 0. The van der Waals surface area contributed by atoms with Gasteiger partial charge in [0.05, 0.1) is 0 Å². The fraction of sp³-hybridized carbons (Fsp3) is 0.739. The van der Waals surface area contributed by atoms with Crippen LogP contribution in [-0.4, -0.2) is 18.6 Å². The van der Waals surface area contributed by atoms with Gasteiger partial charge in [0.15, 0.2) is 0 Å². The summed E-state index contributed by atoms with van der Waals surface area (Å²) in [4.78, 5) is 0. The number of hydrogen-bond acceptors (Lipinski definition) is 2. The molecular formula is C23H37ClN2. The molecular weight excluding hydrogens is 340 g/mol. The fourth-order valence-corrected chi connectivity index (χ4v) is 7.20. The predicted molar refractivity (Wildman–Crippen MR) is 113 cm³/mol. The summed E-state index contributed by atoms with van der Waals surface area (Å²) in [6.45, 7) is 8.46. The van der Waals surface area contributed by atoms with E-state index in [9.17, 15) is 0 Å². The number of hydrogen-bond donors (Lipinski definition) is 2. The molecule has 0 spiro atoms. The van der Waals surface area contributed by atoms with Crippen molar-refractivity contribution in [2.45, 2.75) is 77.3 Å². The second kappa shape index (κ2) is 7.81. The van der Waals surface area contributed by atoms with E-state index in [1.807, 2.05) is 0 Å². The largest absolute Gasteiger partial charge is 0.313 e. The van der Waals surface area contributed by atoms with Crippen LogP contribution in [0.4, 0.5) is 0 Å². The molecule has 2 nitrogen and oxygen atoms in total. The van der Waals surface area contributed by atoms with Crippen LogP contribution in [0.25, 0.3) is 0 Å². The topological polar surface area (TPSA) is 24.1 Å². The van der Waals surface area contributed by atoms with E-state index in [1.165, 1.54) is 63.5 Å². The maximum atomic E-state index is 4.06. The second-order valence-electron chi connectivity index (χ2n) is 10.2. The van der Waals surface area contributed by atoms with Gasteiger partial charge in [-0.05, 0) is 86.8 Å². The minimum Gasteiger partial charge on any atom is -0.313 e. The van der Waals surface area contributed by atoms with E-state index in [4.69, 9.17) is 0 Å². The van der Waals surface area contributed by atoms with E-state index in [0.717, 1.165) is 19.0 Å². The molecule has 26 heavy (non-hydrogen) atoms. The van der Waals surface area contributed by atoms with E-state index in [0.29, 0.717) is 16.4 Å². The van der Waals surface area contributed by atoms with Crippen LogP contribution >= 0.6 is 12.4 Å². The van der Waals surface area contributed by atoms with Gasteiger partial charge >= 0.3 is 0 Å².